The van der Waals surface area contributed by atoms with Crippen LogP contribution in [0.1, 0.15) is 23.6 Å². The van der Waals surface area contributed by atoms with E-state index in [0.29, 0.717) is 45.4 Å². The lowest BCUT2D eigenvalue weighted by atomic mass is 9.98. The fraction of sp³-hybridized carbons (Fsp3) is 0.346. The van der Waals surface area contributed by atoms with E-state index < -0.39 is 23.7 Å². The van der Waals surface area contributed by atoms with E-state index in [-0.39, 0.29) is 24.2 Å². The molecule has 196 valence electrons. The number of hydrogen-bond donors (Lipinski definition) is 4. The topological polar surface area (TPSA) is 138 Å². The predicted octanol–water partition coefficient (Wildman–Crippen LogP) is 2.63. The molecule has 3 aromatic heterocycles. The summed E-state index contributed by atoms with van der Waals surface area (Å²) in [6, 6.07) is 5.91. The Bertz CT molecular complexity index is 1580. The minimum Gasteiger partial charge on any atom is -0.389 e. The Balaban J connectivity index is 1.45. The molecule has 0 aliphatic heterocycles. The summed E-state index contributed by atoms with van der Waals surface area (Å²) < 4.78 is 16.1. The first kappa shape index (κ1) is 24.7. The van der Waals surface area contributed by atoms with E-state index in [9.17, 15) is 19.4 Å². The third-order valence-electron chi connectivity index (χ3n) is 7.68. The molecule has 4 N–H and O–H groups in total. The molecule has 0 saturated heterocycles. The van der Waals surface area contributed by atoms with Gasteiger partial charge in [0.05, 0.1) is 28.9 Å². The van der Waals surface area contributed by atoms with Gasteiger partial charge >= 0.3 is 0 Å². The Kier molecular flexibility index (Phi) is 5.82. The summed E-state index contributed by atoms with van der Waals surface area (Å²) in [5.41, 5.74) is 1.67. The molecule has 2 unspecified atom stereocenters. The minimum absolute atomic E-state index is 0.146. The van der Waals surface area contributed by atoms with Crippen LogP contribution >= 0.6 is 11.6 Å². The van der Waals surface area contributed by atoms with Gasteiger partial charge in [0.15, 0.2) is 17.3 Å². The van der Waals surface area contributed by atoms with Crippen molar-refractivity contribution in [3.8, 4) is 11.4 Å². The highest BCUT2D eigenvalue weighted by Crippen LogP contribution is 2.67. The number of carbonyl (C=O) groups is 1. The molecular formula is C26H25ClFN7O3. The number of amides is 1. The molecule has 0 spiro atoms. The molecule has 2 aliphatic rings. The highest BCUT2D eigenvalue weighted by Gasteiger charge is 2.75. The van der Waals surface area contributed by atoms with Gasteiger partial charge in [-0.25, -0.2) is 19.3 Å². The summed E-state index contributed by atoms with van der Waals surface area (Å²) >= 11 is 6.17. The van der Waals surface area contributed by atoms with Crippen LogP contribution in [0, 0.1) is 24.1 Å². The maximum absolute atomic E-state index is 14.4. The van der Waals surface area contributed by atoms with Crippen LogP contribution in [0.25, 0.3) is 22.6 Å². The number of benzene rings is 1. The number of aryl methyl sites for hydroxylation is 1. The monoisotopic (exact) mass is 537 g/mol. The molecule has 4 aromatic rings. The third kappa shape index (κ3) is 3.72. The van der Waals surface area contributed by atoms with Crippen LogP contribution in [0.4, 0.5) is 10.2 Å². The molecule has 6 rings (SSSR count). The van der Waals surface area contributed by atoms with Crippen molar-refractivity contribution >= 4 is 34.5 Å². The lowest BCUT2D eigenvalue weighted by molar-refractivity contribution is -0.132. The number of carbonyl (C=O) groups excluding carboxylic acids is 1. The van der Waals surface area contributed by atoms with Crippen LogP contribution < -0.4 is 10.6 Å². The Morgan fingerprint density at radius 3 is 2.84 bits per heavy atom. The molecule has 2 aliphatic carbocycles. The summed E-state index contributed by atoms with van der Waals surface area (Å²) in [5, 5.41) is 28.0. The van der Waals surface area contributed by atoms with E-state index in [2.05, 4.69) is 25.6 Å². The van der Waals surface area contributed by atoms with E-state index in [1.807, 2.05) is 6.92 Å². The van der Waals surface area contributed by atoms with E-state index >= 15 is 0 Å². The average Bonchev–Trinajstić information content (AvgIpc) is 3.44. The van der Waals surface area contributed by atoms with Crippen LogP contribution in [0.3, 0.4) is 0 Å². The van der Waals surface area contributed by atoms with Crippen LogP contribution in [-0.2, 0) is 11.3 Å². The fourth-order valence-electron chi connectivity index (χ4n) is 5.73. The van der Waals surface area contributed by atoms with Crippen molar-refractivity contribution < 1.29 is 19.4 Å². The molecule has 2 saturated carbocycles. The normalized spacial score (nSPS) is 25.8. The van der Waals surface area contributed by atoms with E-state index in [1.165, 1.54) is 25.6 Å². The Morgan fingerprint density at radius 2 is 2.08 bits per heavy atom. The summed E-state index contributed by atoms with van der Waals surface area (Å²) in [7, 11) is 1.51. The smallest absolute Gasteiger partial charge is 0.229 e. The Hall–Kier alpha value is -3.67. The zero-order valence-corrected chi connectivity index (χ0v) is 21.3. The lowest BCUT2D eigenvalue weighted by Gasteiger charge is -2.23. The number of aliphatic hydroxyl groups excluding tert-OH is 2. The zero-order valence-electron chi connectivity index (χ0n) is 20.6. The summed E-state index contributed by atoms with van der Waals surface area (Å²) in [6.45, 7) is 2.03. The number of nitrogens with one attached hydrogen (secondary N) is 2. The first-order chi connectivity index (χ1) is 18.2. The summed E-state index contributed by atoms with van der Waals surface area (Å²) in [6.07, 6.45) is 2.60. The van der Waals surface area contributed by atoms with Crippen LogP contribution in [0.2, 0.25) is 5.02 Å². The molecule has 2 fully saturated rings. The highest BCUT2D eigenvalue weighted by molar-refractivity contribution is 6.30. The molecule has 3 heterocycles. The molecule has 0 radical (unpaired) electrons. The van der Waals surface area contributed by atoms with Gasteiger partial charge in [0.1, 0.15) is 17.4 Å². The van der Waals surface area contributed by atoms with E-state index in [4.69, 9.17) is 16.6 Å². The largest absolute Gasteiger partial charge is 0.389 e. The Morgan fingerprint density at radius 1 is 1.26 bits per heavy atom. The molecule has 5 atom stereocenters. The number of anilines is 1. The van der Waals surface area contributed by atoms with Crippen LogP contribution in [0.15, 0.2) is 43.0 Å². The van der Waals surface area contributed by atoms with Gasteiger partial charge in [-0.3, -0.25) is 9.78 Å². The van der Waals surface area contributed by atoms with Crippen molar-refractivity contribution in [2.75, 3.05) is 12.4 Å². The maximum Gasteiger partial charge on any atom is 0.229 e. The molecule has 0 bridgehead atoms. The number of rotatable bonds is 6. The van der Waals surface area contributed by atoms with Crippen LogP contribution in [-0.4, -0.2) is 59.9 Å². The molecule has 1 aromatic carbocycles. The number of aromatic nitrogens is 5. The number of aliphatic hydroxyl groups is 2. The maximum atomic E-state index is 14.4. The first-order valence-electron chi connectivity index (χ1n) is 12.2. The number of hydrogen-bond acceptors (Lipinski definition) is 8. The minimum atomic E-state index is -1.23. The van der Waals surface area contributed by atoms with Crippen LogP contribution in [0.5, 0.6) is 0 Å². The van der Waals surface area contributed by atoms with Crippen molar-refractivity contribution in [2.45, 2.75) is 38.1 Å². The lowest BCUT2D eigenvalue weighted by Crippen LogP contribution is -2.41. The molecule has 10 nitrogen and oxygen atoms in total. The second-order valence-electron chi connectivity index (χ2n) is 9.92. The highest BCUT2D eigenvalue weighted by atomic mass is 35.5. The van der Waals surface area contributed by atoms with E-state index in [0.717, 1.165) is 5.56 Å². The number of halogens is 2. The Labute approximate surface area is 221 Å². The third-order valence-corrected chi connectivity index (χ3v) is 7.88. The molecular weight excluding hydrogens is 513 g/mol. The van der Waals surface area contributed by atoms with Gasteiger partial charge in [0.2, 0.25) is 5.91 Å². The first-order valence-corrected chi connectivity index (χ1v) is 12.5. The quantitative estimate of drug-likeness (QED) is 0.294. The number of imidazole rings is 1. The zero-order chi connectivity index (χ0) is 26.8. The van der Waals surface area contributed by atoms with Gasteiger partial charge in [0, 0.05) is 43.0 Å². The molecule has 38 heavy (non-hydrogen) atoms. The standard InChI is InChI=1S/C26H25ClFN7O3/c1-12-3-4-17(28)13(5-12)9-31-23-18-24(34-22(33-23)14-6-15(27)10-30-8-14)35(11-32-18)19-16-7-26(16,25(38)29-2)21(37)20(19)36/h3-6,8,10-11,16,19-21,36-37H,7,9H2,1-2H3,(H,29,38)(H,31,33,34)/t16-,19?,20+,21+,26?/m1/s1. The summed E-state index contributed by atoms with van der Waals surface area (Å²) in [4.78, 5) is 30.6. The van der Waals surface area contributed by atoms with Crippen molar-refractivity contribution in [3.63, 3.8) is 0 Å². The molecule has 12 heteroatoms. The van der Waals surface area contributed by atoms with E-state index in [1.54, 1.807) is 29.0 Å². The SMILES string of the molecule is CNC(=O)C12C[C@@H]1C(n1cnc3c(NCc4cc(C)ccc4F)nc(-c4cncc(Cl)c4)nc31)[C@H](O)[C@@H]2O. The van der Waals surface area contributed by atoms with Crippen molar-refractivity contribution in [1.29, 1.82) is 0 Å². The van der Waals surface area contributed by atoms with Gasteiger partial charge in [-0.1, -0.05) is 29.3 Å². The van der Waals surface area contributed by atoms with Gasteiger partial charge in [-0.2, -0.15) is 0 Å². The molecule has 1 amide bonds. The number of fused-ring (bicyclic) bond motifs is 2. The number of nitrogens with zero attached hydrogens (tertiary/aromatic N) is 5. The second-order valence-corrected chi connectivity index (χ2v) is 10.4. The van der Waals surface area contributed by atoms with Crippen molar-refractivity contribution in [3.05, 3.63) is 65.0 Å². The average molecular weight is 538 g/mol. The summed E-state index contributed by atoms with van der Waals surface area (Å²) in [5.74, 6) is -0.299. The van der Waals surface area contributed by atoms with Gasteiger partial charge in [-0.05, 0) is 25.5 Å². The van der Waals surface area contributed by atoms with Gasteiger partial charge < -0.3 is 25.4 Å². The van der Waals surface area contributed by atoms with Crippen molar-refractivity contribution in [2.24, 2.45) is 11.3 Å². The van der Waals surface area contributed by atoms with Gasteiger partial charge in [0.25, 0.3) is 0 Å². The number of pyridine rings is 1. The predicted molar refractivity (Wildman–Crippen MR) is 138 cm³/mol. The van der Waals surface area contributed by atoms with Gasteiger partial charge in [-0.15, -0.1) is 0 Å². The second kappa shape index (κ2) is 8.97. The fourth-order valence-corrected chi connectivity index (χ4v) is 5.90. The van der Waals surface area contributed by atoms with Crippen molar-refractivity contribution in [1.82, 2.24) is 29.8 Å².